The number of amides is 1. The van der Waals surface area contributed by atoms with E-state index >= 15 is 0 Å². The van der Waals surface area contributed by atoms with Gasteiger partial charge in [-0.05, 0) is 49.6 Å². The SMILES string of the molecule is CCc1[nH]c2ccc(CNC(=O)C3CCN(CCOC)C3)cc2c1C. The molecule has 5 heteroatoms. The zero-order chi connectivity index (χ0) is 17.8. The second-order valence-electron chi connectivity index (χ2n) is 6.96. The number of benzene rings is 1. The smallest absolute Gasteiger partial charge is 0.224 e. The van der Waals surface area contributed by atoms with Crippen LogP contribution in [0.5, 0.6) is 0 Å². The first kappa shape index (κ1) is 18.0. The summed E-state index contributed by atoms with van der Waals surface area (Å²) in [6.07, 6.45) is 1.94. The summed E-state index contributed by atoms with van der Waals surface area (Å²) in [5.74, 6) is 0.265. The van der Waals surface area contributed by atoms with E-state index in [0.717, 1.165) is 44.6 Å². The van der Waals surface area contributed by atoms with E-state index in [0.29, 0.717) is 6.54 Å². The Balaban J connectivity index is 1.57. The minimum absolute atomic E-state index is 0.0984. The number of H-pyrrole nitrogens is 1. The van der Waals surface area contributed by atoms with E-state index in [1.165, 1.54) is 22.2 Å². The Kier molecular flexibility index (Phi) is 5.76. The number of aromatic nitrogens is 1. The topological polar surface area (TPSA) is 57.4 Å². The van der Waals surface area contributed by atoms with E-state index in [2.05, 4.69) is 47.2 Å². The van der Waals surface area contributed by atoms with Crippen LogP contribution in [0.4, 0.5) is 0 Å². The zero-order valence-corrected chi connectivity index (χ0v) is 15.5. The molecule has 1 aromatic carbocycles. The van der Waals surface area contributed by atoms with Gasteiger partial charge in [-0.1, -0.05) is 13.0 Å². The molecule has 1 unspecified atom stereocenters. The molecule has 3 rings (SSSR count). The summed E-state index contributed by atoms with van der Waals surface area (Å²) in [7, 11) is 1.72. The maximum Gasteiger partial charge on any atom is 0.224 e. The summed E-state index contributed by atoms with van der Waals surface area (Å²) in [5, 5.41) is 4.37. The second-order valence-corrected chi connectivity index (χ2v) is 6.96. The normalized spacial score (nSPS) is 18.1. The molecule has 1 aliphatic heterocycles. The Bertz CT molecular complexity index is 738. The molecule has 2 aromatic rings. The molecule has 0 radical (unpaired) electrons. The quantitative estimate of drug-likeness (QED) is 0.812. The molecule has 2 N–H and O–H groups in total. The van der Waals surface area contributed by atoms with Crippen LogP contribution in [0, 0.1) is 12.8 Å². The van der Waals surface area contributed by atoms with Crippen molar-refractivity contribution in [3.05, 3.63) is 35.0 Å². The molecule has 136 valence electrons. The molecule has 0 bridgehead atoms. The number of aryl methyl sites for hydroxylation is 2. The number of methoxy groups -OCH3 is 1. The highest BCUT2D eigenvalue weighted by molar-refractivity contribution is 5.85. The first-order valence-electron chi connectivity index (χ1n) is 9.21. The second kappa shape index (κ2) is 8.02. The van der Waals surface area contributed by atoms with Gasteiger partial charge in [0.25, 0.3) is 0 Å². The molecule has 25 heavy (non-hydrogen) atoms. The van der Waals surface area contributed by atoms with Gasteiger partial charge in [0, 0.05) is 43.3 Å². The molecule has 2 heterocycles. The molecule has 0 spiro atoms. The standard InChI is InChI=1S/C20H29N3O2/c1-4-18-14(2)17-11-15(5-6-19(17)22-18)12-21-20(24)16-7-8-23(13-16)9-10-25-3/h5-6,11,16,22H,4,7-10,12-13H2,1-3H3,(H,21,24). The minimum atomic E-state index is 0.0984. The summed E-state index contributed by atoms with van der Waals surface area (Å²) in [6, 6.07) is 6.41. The van der Waals surface area contributed by atoms with Crippen LogP contribution in [0.1, 0.15) is 30.2 Å². The number of likely N-dealkylation sites (tertiary alicyclic amines) is 1. The maximum atomic E-state index is 12.4. The van der Waals surface area contributed by atoms with Gasteiger partial charge in [0.2, 0.25) is 5.91 Å². The van der Waals surface area contributed by atoms with Crippen LogP contribution >= 0.6 is 0 Å². The monoisotopic (exact) mass is 343 g/mol. The third-order valence-corrected chi connectivity index (χ3v) is 5.30. The lowest BCUT2D eigenvalue weighted by atomic mass is 10.1. The third kappa shape index (κ3) is 4.05. The van der Waals surface area contributed by atoms with Crippen LogP contribution in [0.2, 0.25) is 0 Å². The van der Waals surface area contributed by atoms with Gasteiger partial charge in [0.05, 0.1) is 12.5 Å². The number of hydrogen-bond donors (Lipinski definition) is 2. The molecule has 0 saturated carbocycles. The van der Waals surface area contributed by atoms with Crippen LogP contribution in [0.15, 0.2) is 18.2 Å². The molecule has 1 atom stereocenters. The largest absolute Gasteiger partial charge is 0.383 e. The third-order valence-electron chi connectivity index (χ3n) is 5.30. The molecule has 0 aliphatic carbocycles. The van der Waals surface area contributed by atoms with Gasteiger partial charge < -0.3 is 19.9 Å². The van der Waals surface area contributed by atoms with Gasteiger partial charge >= 0.3 is 0 Å². The highest BCUT2D eigenvalue weighted by atomic mass is 16.5. The van der Waals surface area contributed by atoms with Crippen molar-refractivity contribution in [1.82, 2.24) is 15.2 Å². The van der Waals surface area contributed by atoms with Crippen molar-refractivity contribution in [3.8, 4) is 0 Å². The predicted molar refractivity (Wildman–Crippen MR) is 101 cm³/mol. The summed E-state index contributed by atoms with van der Waals surface area (Å²) in [4.78, 5) is 18.2. The van der Waals surface area contributed by atoms with Crippen molar-refractivity contribution >= 4 is 16.8 Å². The summed E-state index contributed by atoms with van der Waals surface area (Å²) in [5.41, 5.74) is 4.93. The van der Waals surface area contributed by atoms with E-state index in [4.69, 9.17) is 4.74 Å². The maximum absolute atomic E-state index is 12.4. The molecule has 1 fully saturated rings. The highest BCUT2D eigenvalue weighted by Crippen LogP contribution is 2.23. The number of carbonyl (C=O) groups excluding carboxylic acids is 1. The van der Waals surface area contributed by atoms with Crippen LogP contribution in [0.3, 0.4) is 0 Å². The number of carbonyl (C=O) groups is 1. The summed E-state index contributed by atoms with van der Waals surface area (Å²) in [6.45, 7) is 8.37. The average Bonchev–Trinajstić information content (AvgIpc) is 3.22. The number of hydrogen-bond acceptors (Lipinski definition) is 3. The molecule has 1 amide bonds. The number of aromatic amines is 1. The van der Waals surface area contributed by atoms with E-state index in [1.807, 2.05) is 0 Å². The fraction of sp³-hybridized carbons (Fsp3) is 0.550. The Hall–Kier alpha value is -1.85. The summed E-state index contributed by atoms with van der Waals surface area (Å²) < 4.78 is 5.11. The number of fused-ring (bicyclic) bond motifs is 1. The van der Waals surface area contributed by atoms with Crippen molar-refractivity contribution in [2.24, 2.45) is 5.92 Å². The number of nitrogens with zero attached hydrogens (tertiary/aromatic N) is 1. The van der Waals surface area contributed by atoms with Crippen molar-refractivity contribution in [2.45, 2.75) is 33.2 Å². The van der Waals surface area contributed by atoms with Crippen LogP contribution in [-0.2, 0) is 22.5 Å². The van der Waals surface area contributed by atoms with Gasteiger partial charge in [0.1, 0.15) is 0 Å². The number of ether oxygens (including phenoxy) is 1. The van der Waals surface area contributed by atoms with E-state index in [9.17, 15) is 4.79 Å². The molecular weight excluding hydrogens is 314 g/mol. The van der Waals surface area contributed by atoms with Crippen molar-refractivity contribution in [2.75, 3.05) is 33.4 Å². The summed E-state index contributed by atoms with van der Waals surface area (Å²) >= 11 is 0. The fourth-order valence-corrected chi connectivity index (χ4v) is 3.70. The predicted octanol–water partition coefficient (Wildman–Crippen LogP) is 2.62. The van der Waals surface area contributed by atoms with Crippen molar-refractivity contribution in [1.29, 1.82) is 0 Å². The van der Waals surface area contributed by atoms with E-state index in [-0.39, 0.29) is 11.8 Å². The Morgan fingerprint density at radius 2 is 2.28 bits per heavy atom. The highest BCUT2D eigenvalue weighted by Gasteiger charge is 2.27. The Morgan fingerprint density at radius 1 is 1.44 bits per heavy atom. The zero-order valence-electron chi connectivity index (χ0n) is 15.5. The molecule has 1 aliphatic rings. The first-order valence-corrected chi connectivity index (χ1v) is 9.21. The Labute approximate surface area is 149 Å². The lowest BCUT2D eigenvalue weighted by molar-refractivity contribution is -0.124. The molecule has 1 saturated heterocycles. The van der Waals surface area contributed by atoms with Gasteiger partial charge in [-0.3, -0.25) is 4.79 Å². The lowest BCUT2D eigenvalue weighted by Crippen LogP contribution is -2.33. The molecular formula is C20H29N3O2. The molecule has 5 nitrogen and oxygen atoms in total. The average molecular weight is 343 g/mol. The first-order chi connectivity index (χ1) is 12.1. The van der Waals surface area contributed by atoms with Crippen LogP contribution in [0.25, 0.3) is 10.9 Å². The van der Waals surface area contributed by atoms with Gasteiger partial charge in [-0.15, -0.1) is 0 Å². The van der Waals surface area contributed by atoms with Crippen LogP contribution in [-0.4, -0.2) is 49.1 Å². The van der Waals surface area contributed by atoms with Gasteiger partial charge in [-0.2, -0.15) is 0 Å². The van der Waals surface area contributed by atoms with Crippen molar-refractivity contribution < 1.29 is 9.53 Å². The van der Waals surface area contributed by atoms with Gasteiger partial charge in [-0.25, -0.2) is 0 Å². The fourth-order valence-electron chi connectivity index (χ4n) is 3.70. The van der Waals surface area contributed by atoms with Gasteiger partial charge in [0.15, 0.2) is 0 Å². The minimum Gasteiger partial charge on any atom is -0.383 e. The Morgan fingerprint density at radius 3 is 3.04 bits per heavy atom. The van der Waals surface area contributed by atoms with E-state index in [1.54, 1.807) is 7.11 Å². The van der Waals surface area contributed by atoms with Crippen molar-refractivity contribution in [3.63, 3.8) is 0 Å². The van der Waals surface area contributed by atoms with Crippen LogP contribution < -0.4 is 5.32 Å². The number of nitrogens with one attached hydrogen (secondary N) is 2. The number of rotatable bonds is 7. The lowest BCUT2D eigenvalue weighted by Gasteiger charge is -2.15. The molecule has 1 aromatic heterocycles. The van der Waals surface area contributed by atoms with E-state index < -0.39 is 0 Å².